The summed E-state index contributed by atoms with van der Waals surface area (Å²) in [6, 6.07) is 10.6. The molecule has 5 nitrogen and oxygen atoms in total. The number of amides is 1. The van der Waals surface area contributed by atoms with Crippen LogP contribution in [0.2, 0.25) is 0 Å². The van der Waals surface area contributed by atoms with E-state index in [0.717, 1.165) is 38.0 Å². The highest BCUT2D eigenvalue weighted by Crippen LogP contribution is 2.40. The number of nitrogens with zero attached hydrogens (tertiary/aromatic N) is 4. The van der Waals surface area contributed by atoms with Crippen molar-refractivity contribution in [1.82, 2.24) is 19.4 Å². The largest absolute Gasteiger partial charge is 0.343 e. The van der Waals surface area contributed by atoms with E-state index in [9.17, 15) is 4.79 Å². The maximum Gasteiger partial charge on any atom is 0.257 e. The van der Waals surface area contributed by atoms with Gasteiger partial charge in [-0.25, -0.2) is 9.97 Å². The van der Waals surface area contributed by atoms with Crippen molar-refractivity contribution in [2.75, 3.05) is 6.54 Å². The second-order valence-electron chi connectivity index (χ2n) is 7.02. The third-order valence-corrected chi connectivity index (χ3v) is 5.28. The van der Waals surface area contributed by atoms with Crippen LogP contribution in [0.5, 0.6) is 0 Å². The van der Waals surface area contributed by atoms with Crippen LogP contribution in [-0.2, 0) is 13.1 Å². The number of hydrogen-bond donors (Lipinski definition) is 0. The number of para-hydroxylation sites is 1. The van der Waals surface area contributed by atoms with Crippen LogP contribution in [0.3, 0.4) is 0 Å². The van der Waals surface area contributed by atoms with Crippen LogP contribution in [0.25, 0.3) is 10.9 Å². The van der Waals surface area contributed by atoms with Crippen LogP contribution in [-0.4, -0.2) is 31.9 Å². The first-order valence-corrected chi connectivity index (χ1v) is 8.97. The number of aromatic nitrogens is 3. The molecule has 1 aromatic carbocycles. The second kappa shape index (κ2) is 5.69. The number of rotatable bonds is 2. The lowest BCUT2D eigenvalue weighted by molar-refractivity contribution is 0.0743. The van der Waals surface area contributed by atoms with Crippen LogP contribution in [0.1, 0.15) is 46.9 Å². The lowest BCUT2D eigenvalue weighted by Crippen LogP contribution is -2.31. The molecule has 0 radical (unpaired) electrons. The highest BCUT2D eigenvalue weighted by molar-refractivity contribution is 5.95. The highest BCUT2D eigenvalue weighted by atomic mass is 16.2. The first-order valence-electron chi connectivity index (χ1n) is 8.97. The zero-order chi connectivity index (χ0) is 16.8. The molecule has 0 saturated heterocycles. The summed E-state index contributed by atoms with van der Waals surface area (Å²) in [7, 11) is 0. The SMILES string of the molecule is O=C(c1cncnc1C1CC1)N1CCCn2c(cc3ccccc32)C1. The summed E-state index contributed by atoms with van der Waals surface area (Å²) in [6.45, 7) is 2.37. The van der Waals surface area contributed by atoms with Gasteiger partial charge in [-0.2, -0.15) is 0 Å². The third kappa shape index (κ3) is 2.51. The van der Waals surface area contributed by atoms with Gasteiger partial charge in [0.2, 0.25) is 0 Å². The van der Waals surface area contributed by atoms with E-state index in [1.165, 1.54) is 16.6 Å². The van der Waals surface area contributed by atoms with E-state index >= 15 is 0 Å². The van der Waals surface area contributed by atoms with Gasteiger partial charge in [-0.15, -0.1) is 0 Å². The predicted octanol–water partition coefficient (Wildman–Crippen LogP) is 3.35. The van der Waals surface area contributed by atoms with Gasteiger partial charge in [0.1, 0.15) is 6.33 Å². The first kappa shape index (κ1) is 14.6. The highest BCUT2D eigenvalue weighted by Gasteiger charge is 2.31. The van der Waals surface area contributed by atoms with Gasteiger partial charge in [-0.05, 0) is 36.8 Å². The van der Waals surface area contributed by atoms with Crippen molar-refractivity contribution in [2.24, 2.45) is 0 Å². The Kier molecular flexibility index (Phi) is 3.33. The number of benzene rings is 1. The van der Waals surface area contributed by atoms with E-state index in [-0.39, 0.29) is 5.91 Å². The van der Waals surface area contributed by atoms with E-state index in [1.807, 2.05) is 4.90 Å². The zero-order valence-electron chi connectivity index (χ0n) is 14.1. The fourth-order valence-electron chi connectivity index (χ4n) is 3.89. The van der Waals surface area contributed by atoms with Crippen LogP contribution in [0.15, 0.2) is 42.9 Å². The van der Waals surface area contributed by atoms with Gasteiger partial charge in [0.05, 0.1) is 17.8 Å². The molecule has 1 saturated carbocycles. The molecule has 2 aromatic heterocycles. The van der Waals surface area contributed by atoms with E-state index in [0.29, 0.717) is 18.0 Å². The predicted molar refractivity (Wildman–Crippen MR) is 95.3 cm³/mol. The van der Waals surface area contributed by atoms with Crippen molar-refractivity contribution in [3.8, 4) is 0 Å². The summed E-state index contributed by atoms with van der Waals surface area (Å²) in [4.78, 5) is 23.6. The topological polar surface area (TPSA) is 51.0 Å². The minimum atomic E-state index is 0.0706. The maximum absolute atomic E-state index is 13.2. The quantitative estimate of drug-likeness (QED) is 0.723. The minimum absolute atomic E-state index is 0.0706. The molecule has 1 aliphatic heterocycles. The lowest BCUT2D eigenvalue weighted by atomic mass is 10.1. The molecule has 2 aliphatic rings. The maximum atomic E-state index is 13.2. The van der Waals surface area contributed by atoms with Crippen LogP contribution < -0.4 is 0 Å². The zero-order valence-corrected chi connectivity index (χ0v) is 14.1. The molecule has 5 rings (SSSR count). The number of aryl methyl sites for hydroxylation is 1. The molecule has 0 spiro atoms. The number of carbonyl (C=O) groups excluding carboxylic acids is 1. The molecule has 0 N–H and O–H groups in total. The van der Waals surface area contributed by atoms with Crippen molar-refractivity contribution in [1.29, 1.82) is 0 Å². The molecule has 25 heavy (non-hydrogen) atoms. The smallest absolute Gasteiger partial charge is 0.257 e. The molecule has 0 unspecified atom stereocenters. The molecular weight excluding hydrogens is 312 g/mol. The molecule has 0 atom stereocenters. The molecule has 1 amide bonds. The van der Waals surface area contributed by atoms with Crippen molar-refractivity contribution in [3.63, 3.8) is 0 Å². The minimum Gasteiger partial charge on any atom is -0.343 e. The van der Waals surface area contributed by atoms with Crippen molar-refractivity contribution < 1.29 is 4.79 Å². The van der Waals surface area contributed by atoms with Gasteiger partial charge in [-0.1, -0.05) is 18.2 Å². The molecule has 1 aliphatic carbocycles. The first-order chi connectivity index (χ1) is 12.3. The summed E-state index contributed by atoms with van der Waals surface area (Å²) >= 11 is 0. The van der Waals surface area contributed by atoms with Crippen LogP contribution >= 0.6 is 0 Å². The Morgan fingerprint density at radius 1 is 1.16 bits per heavy atom. The summed E-state index contributed by atoms with van der Waals surface area (Å²) in [5.74, 6) is 0.515. The van der Waals surface area contributed by atoms with Gasteiger partial charge in [0.25, 0.3) is 5.91 Å². The fraction of sp³-hybridized carbons (Fsp3) is 0.350. The summed E-state index contributed by atoms with van der Waals surface area (Å²) in [6.07, 6.45) is 6.48. The Hall–Kier alpha value is -2.69. The molecule has 0 bridgehead atoms. The summed E-state index contributed by atoms with van der Waals surface area (Å²) < 4.78 is 2.35. The van der Waals surface area contributed by atoms with Crippen molar-refractivity contribution in [3.05, 3.63) is 59.8 Å². The Morgan fingerprint density at radius 3 is 2.92 bits per heavy atom. The average molecular weight is 332 g/mol. The van der Waals surface area contributed by atoms with Gasteiger partial charge in [0, 0.05) is 36.4 Å². The Balaban J connectivity index is 1.49. The molecular formula is C20H20N4O. The fourth-order valence-corrected chi connectivity index (χ4v) is 3.89. The molecule has 3 aromatic rings. The molecule has 126 valence electrons. The van der Waals surface area contributed by atoms with Gasteiger partial charge in [0.15, 0.2) is 0 Å². The van der Waals surface area contributed by atoms with E-state index in [1.54, 1.807) is 12.5 Å². The number of hydrogen-bond acceptors (Lipinski definition) is 3. The van der Waals surface area contributed by atoms with E-state index in [2.05, 4.69) is 44.9 Å². The second-order valence-corrected chi connectivity index (χ2v) is 7.02. The van der Waals surface area contributed by atoms with Gasteiger partial charge in [-0.3, -0.25) is 4.79 Å². The standard InChI is InChI=1S/C20H20N4O/c25-20(17-11-21-13-22-19(17)14-6-7-14)23-8-3-9-24-16(12-23)10-15-4-1-2-5-18(15)24/h1-2,4-5,10-11,13-14H,3,6-9,12H2. The number of carbonyl (C=O) groups is 1. The normalized spacial score (nSPS) is 17.4. The number of fused-ring (bicyclic) bond motifs is 3. The summed E-state index contributed by atoms with van der Waals surface area (Å²) in [5.41, 5.74) is 4.09. The molecule has 5 heteroatoms. The Morgan fingerprint density at radius 2 is 2.04 bits per heavy atom. The van der Waals surface area contributed by atoms with Crippen LogP contribution in [0.4, 0.5) is 0 Å². The lowest BCUT2D eigenvalue weighted by Gasteiger charge is -2.21. The van der Waals surface area contributed by atoms with Gasteiger partial charge < -0.3 is 9.47 Å². The molecule has 3 heterocycles. The van der Waals surface area contributed by atoms with Crippen molar-refractivity contribution >= 4 is 16.8 Å². The molecule has 1 fully saturated rings. The van der Waals surface area contributed by atoms with E-state index in [4.69, 9.17) is 0 Å². The average Bonchev–Trinajstić information content (AvgIpc) is 3.46. The summed E-state index contributed by atoms with van der Waals surface area (Å²) in [5, 5.41) is 1.24. The Bertz CT molecular complexity index is 957. The van der Waals surface area contributed by atoms with E-state index < -0.39 is 0 Å². The monoisotopic (exact) mass is 332 g/mol. The Labute approximate surface area is 146 Å². The van der Waals surface area contributed by atoms with Crippen LogP contribution in [0, 0.1) is 0 Å². The third-order valence-electron chi connectivity index (χ3n) is 5.28. The van der Waals surface area contributed by atoms with Crippen molar-refractivity contribution in [2.45, 2.75) is 38.3 Å². The van der Waals surface area contributed by atoms with Gasteiger partial charge >= 0.3 is 0 Å².